The maximum absolute atomic E-state index is 13.8. The summed E-state index contributed by atoms with van der Waals surface area (Å²) >= 11 is 6.23. The number of aliphatic imine (C=N–C) groups is 1. The highest BCUT2D eigenvalue weighted by Crippen LogP contribution is 2.43. The van der Waals surface area contributed by atoms with E-state index in [2.05, 4.69) is 16.0 Å². The average molecular weight is 561 g/mol. The van der Waals surface area contributed by atoms with Crippen molar-refractivity contribution in [1.29, 1.82) is 5.26 Å². The van der Waals surface area contributed by atoms with Crippen LogP contribution in [-0.4, -0.2) is 47.4 Å². The molecule has 0 spiro atoms. The Bertz CT molecular complexity index is 1610. The number of nitriles is 1. The molecule has 11 nitrogen and oxygen atoms in total. The molecule has 1 amide bonds. The van der Waals surface area contributed by atoms with Crippen molar-refractivity contribution in [3.05, 3.63) is 80.5 Å². The predicted octanol–water partition coefficient (Wildman–Crippen LogP) is 3.50. The summed E-state index contributed by atoms with van der Waals surface area (Å²) in [4.78, 5) is 43.0. The number of anilines is 2. The molecule has 0 radical (unpaired) electrons. The molecule has 3 heterocycles. The number of hydrogen-bond acceptors (Lipinski definition) is 9. The predicted molar refractivity (Wildman–Crippen MR) is 154 cm³/mol. The summed E-state index contributed by atoms with van der Waals surface area (Å²) in [6, 6.07) is 9.68. The summed E-state index contributed by atoms with van der Waals surface area (Å²) in [6.07, 6.45) is 3.08. The largest absolute Gasteiger partial charge is 0.479 e. The second-order valence-electron chi connectivity index (χ2n) is 9.71. The van der Waals surface area contributed by atoms with Gasteiger partial charge in [0.15, 0.2) is 0 Å². The Morgan fingerprint density at radius 1 is 1.25 bits per heavy atom. The van der Waals surface area contributed by atoms with Crippen LogP contribution in [0.25, 0.3) is 0 Å². The van der Waals surface area contributed by atoms with Crippen LogP contribution in [-0.2, 0) is 11.8 Å². The van der Waals surface area contributed by atoms with E-state index in [0.29, 0.717) is 39.7 Å². The fourth-order valence-corrected chi connectivity index (χ4v) is 4.69. The maximum atomic E-state index is 13.8. The monoisotopic (exact) mass is 560 g/mol. The molecule has 0 saturated heterocycles. The second-order valence-corrected chi connectivity index (χ2v) is 10.1. The van der Waals surface area contributed by atoms with Gasteiger partial charge in [-0.25, -0.2) is 9.98 Å². The zero-order valence-corrected chi connectivity index (χ0v) is 23.8. The Kier molecular flexibility index (Phi) is 7.93. The number of benzene rings is 1. The number of hydrogen-bond donors (Lipinski definition) is 1. The molecule has 3 aromatic rings. The van der Waals surface area contributed by atoms with Gasteiger partial charge in [-0.2, -0.15) is 10.2 Å². The van der Waals surface area contributed by atoms with Gasteiger partial charge in [0, 0.05) is 32.9 Å². The van der Waals surface area contributed by atoms with E-state index in [-0.39, 0.29) is 22.5 Å². The van der Waals surface area contributed by atoms with Crippen LogP contribution in [0.4, 0.5) is 17.3 Å². The van der Waals surface area contributed by atoms with Gasteiger partial charge in [0.05, 0.1) is 42.4 Å². The molecule has 40 heavy (non-hydrogen) atoms. The first-order valence-electron chi connectivity index (χ1n) is 12.3. The van der Waals surface area contributed by atoms with E-state index in [4.69, 9.17) is 27.1 Å². The number of ether oxygens (including phenoxy) is 1. The van der Waals surface area contributed by atoms with Gasteiger partial charge in [0.25, 0.3) is 11.5 Å². The first-order chi connectivity index (χ1) is 19.0. The van der Waals surface area contributed by atoms with Crippen molar-refractivity contribution in [2.24, 2.45) is 23.7 Å². The number of carbonyl (C=O) groups excluding carboxylic acids is 1. The Hall–Kier alpha value is -4.69. The van der Waals surface area contributed by atoms with Crippen LogP contribution in [0, 0.1) is 17.2 Å². The molecular formula is C28H29ClN8O3. The molecule has 0 fully saturated rings. The van der Waals surface area contributed by atoms with Crippen molar-refractivity contribution in [3.63, 3.8) is 0 Å². The quantitative estimate of drug-likeness (QED) is 0.432. The normalized spacial score (nSPS) is 15.6. The van der Waals surface area contributed by atoms with Crippen molar-refractivity contribution in [2.75, 3.05) is 31.0 Å². The molecule has 0 saturated carbocycles. The van der Waals surface area contributed by atoms with Gasteiger partial charge in [-0.05, 0) is 29.7 Å². The second kappa shape index (κ2) is 11.2. The summed E-state index contributed by atoms with van der Waals surface area (Å²) in [5.74, 6) is 0.0459. The van der Waals surface area contributed by atoms with Crippen molar-refractivity contribution in [1.82, 2.24) is 14.5 Å². The fourth-order valence-electron chi connectivity index (χ4n) is 4.45. The van der Waals surface area contributed by atoms with Crippen LogP contribution < -0.4 is 25.8 Å². The lowest BCUT2D eigenvalue weighted by Crippen LogP contribution is -2.33. The van der Waals surface area contributed by atoms with E-state index in [1.807, 2.05) is 27.9 Å². The fraction of sp³-hybridized carbons (Fsp3) is 0.286. The third-order valence-corrected chi connectivity index (χ3v) is 6.68. The third-order valence-electron chi connectivity index (χ3n) is 6.41. The molecule has 1 aliphatic heterocycles. The summed E-state index contributed by atoms with van der Waals surface area (Å²) < 4.78 is 6.81. The van der Waals surface area contributed by atoms with Crippen molar-refractivity contribution in [3.8, 4) is 11.9 Å². The smallest absolute Gasteiger partial charge is 0.275 e. The standard InChI is InChI=1S/C28H29ClN8O3/c1-15(2)23(33-20-13-32-28(35(3)4)34-25(20)40-6)21-22(31)27(39)37(18-11-19(29)26(38)36(5)14-18)24(21)17-9-7-16(12-30)8-10-17/h7-11,13-15,24H,31H2,1-6H3/t24-/m0/s1. The minimum Gasteiger partial charge on any atom is -0.479 e. The molecule has 1 aliphatic rings. The van der Waals surface area contributed by atoms with Gasteiger partial charge in [-0.15, -0.1) is 0 Å². The van der Waals surface area contributed by atoms with Crippen molar-refractivity contribution >= 4 is 40.5 Å². The topological polar surface area (TPSA) is 143 Å². The van der Waals surface area contributed by atoms with Crippen LogP contribution in [0.3, 0.4) is 0 Å². The third kappa shape index (κ3) is 5.13. The number of methoxy groups -OCH3 is 1. The highest BCUT2D eigenvalue weighted by atomic mass is 35.5. The first-order valence-corrected chi connectivity index (χ1v) is 12.7. The number of amides is 1. The number of nitrogens with two attached hydrogens (primary N) is 1. The number of carbonyl (C=O) groups is 1. The molecular weight excluding hydrogens is 532 g/mol. The SMILES string of the molecule is COc1nc(N(C)C)ncc1N=C(C1=C(N)C(=O)N(c2cc(Cl)c(=O)n(C)c2)[C@H]1c1ccc(C#N)cc1)C(C)C. The molecule has 2 aromatic heterocycles. The minimum atomic E-state index is -0.733. The van der Waals surface area contributed by atoms with Crippen molar-refractivity contribution < 1.29 is 9.53 Å². The van der Waals surface area contributed by atoms with E-state index in [0.717, 1.165) is 0 Å². The number of aryl methyl sites for hydroxylation is 1. The number of nitrogens with zero attached hydrogens (tertiary/aromatic N) is 7. The van der Waals surface area contributed by atoms with E-state index in [1.165, 1.54) is 28.8 Å². The molecule has 12 heteroatoms. The molecule has 1 aromatic carbocycles. The lowest BCUT2D eigenvalue weighted by atomic mass is 9.89. The van der Waals surface area contributed by atoms with Crippen LogP contribution in [0.15, 0.2) is 63.8 Å². The van der Waals surface area contributed by atoms with Gasteiger partial charge >= 0.3 is 0 Å². The first kappa shape index (κ1) is 28.3. The van der Waals surface area contributed by atoms with Gasteiger partial charge in [-0.1, -0.05) is 37.6 Å². The van der Waals surface area contributed by atoms with Crippen LogP contribution in [0.1, 0.15) is 31.0 Å². The summed E-state index contributed by atoms with van der Waals surface area (Å²) in [7, 11) is 6.68. The zero-order chi connectivity index (χ0) is 29.3. The lowest BCUT2D eigenvalue weighted by Gasteiger charge is -2.29. The molecule has 4 rings (SSSR count). The average Bonchev–Trinajstić information content (AvgIpc) is 3.19. The molecule has 0 aliphatic carbocycles. The van der Waals surface area contributed by atoms with Crippen LogP contribution in [0.2, 0.25) is 5.02 Å². The van der Waals surface area contributed by atoms with Gasteiger partial charge in [0.2, 0.25) is 11.8 Å². The Morgan fingerprint density at radius 2 is 1.93 bits per heavy atom. The van der Waals surface area contributed by atoms with E-state index < -0.39 is 17.5 Å². The zero-order valence-electron chi connectivity index (χ0n) is 23.0. The number of halogens is 1. The maximum Gasteiger partial charge on any atom is 0.275 e. The molecule has 0 bridgehead atoms. The van der Waals surface area contributed by atoms with Gasteiger partial charge in [-0.3, -0.25) is 14.5 Å². The highest BCUT2D eigenvalue weighted by Gasteiger charge is 2.43. The summed E-state index contributed by atoms with van der Waals surface area (Å²) in [5, 5.41) is 9.30. The summed E-state index contributed by atoms with van der Waals surface area (Å²) in [5.41, 5.74) is 9.05. The van der Waals surface area contributed by atoms with E-state index in [1.54, 1.807) is 42.4 Å². The number of aromatic nitrogens is 3. The summed E-state index contributed by atoms with van der Waals surface area (Å²) in [6.45, 7) is 3.87. The van der Waals surface area contributed by atoms with Crippen LogP contribution in [0.5, 0.6) is 5.88 Å². The Labute approximate surface area is 236 Å². The van der Waals surface area contributed by atoms with Crippen LogP contribution >= 0.6 is 11.6 Å². The molecule has 0 unspecified atom stereocenters. The van der Waals surface area contributed by atoms with Crippen molar-refractivity contribution in [2.45, 2.75) is 19.9 Å². The Morgan fingerprint density at radius 3 is 2.48 bits per heavy atom. The van der Waals surface area contributed by atoms with Gasteiger partial charge < -0.3 is 19.9 Å². The molecule has 1 atom stereocenters. The van der Waals surface area contributed by atoms with Gasteiger partial charge in [0.1, 0.15) is 16.4 Å². The van der Waals surface area contributed by atoms with E-state index in [9.17, 15) is 14.9 Å². The highest BCUT2D eigenvalue weighted by molar-refractivity contribution is 6.31. The minimum absolute atomic E-state index is 0.00316. The lowest BCUT2D eigenvalue weighted by molar-refractivity contribution is -0.114. The Balaban J connectivity index is 1.97. The number of rotatable bonds is 7. The number of pyridine rings is 1. The molecule has 206 valence electrons. The molecule has 2 N–H and O–H groups in total. The van der Waals surface area contributed by atoms with E-state index >= 15 is 0 Å².